The van der Waals surface area contributed by atoms with Gasteiger partial charge < -0.3 is 4.74 Å². The minimum Gasteiger partial charge on any atom is -0.466 e. The second kappa shape index (κ2) is 6.83. The average molecular weight is 262 g/mol. The van der Waals surface area contributed by atoms with Crippen molar-refractivity contribution in [3.63, 3.8) is 0 Å². The summed E-state index contributed by atoms with van der Waals surface area (Å²) >= 11 is 0. The highest BCUT2D eigenvalue weighted by atomic mass is 16.5. The first-order valence-corrected chi connectivity index (χ1v) is 6.25. The molecular formula is C15H18O4. The maximum Gasteiger partial charge on any atom is 0.309 e. The number of hydrogen-bond donors (Lipinski definition) is 0. The van der Waals surface area contributed by atoms with E-state index in [4.69, 9.17) is 4.74 Å². The first-order chi connectivity index (χ1) is 8.99. The van der Waals surface area contributed by atoms with Gasteiger partial charge in [0, 0.05) is 5.56 Å². The summed E-state index contributed by atoms with van der Waals surface area (Å²) in [6.45, 7) is 4.78. The summed E-state index contributed by atoms with van der Waals surface area (Å²) in [6, 6.07) is 8.50. The molecule has 102 valence electrons. The quantitative estimate of drug-likeness (QED) is 0.448. The van der Waals surface area contributed by atoms with Gasteiger partial charge >= 0.3 is 5.97 Å². The normalized spacial score (nSPS) is 13.4. The van der Waals surface area contributed by atoms with E-state index in [2.05, 4.69) is 0 Å². The second-order valence-electron chi connectivity index (χ2n) is 4.36. The maximum absolute atomic E-state index is 12.3. The predicted molar refractivity (Wildman–Crippen MR) is 70.7 cm³/mol. The minimum atomic E-state index is -0.985. The van der Waals surface area contributed by atoms with Crippen LogP contribution in [-0.4, -0.2) is 24.1 Å². The number of Topliss-reactive ketones (excluding diaryl/α,β-unsaturated/α-hetero) is 2. The van der Waals surface area contributed by atoms with Gasteiger partial charge in [-0.1, -0.05) is 37.3 Å². The van der Waals surface area contributed by atoms with Gasteiger partial charge in [0.05, 0.1) is 18.4 Å². The molecule has 1 rings (SSSR count). The van der Waals surface area contributed by atoms with Gasteiger partial charge in [-0.05, 0) is 13.8 Å². The van der Waals surface area contributed by atoms with Gasteiger partial charge in [-0.25, -0.2) is 0 Å². The zero-order valence-corrected chi connectivity index (χ0v) is 11.4. The molecular weight excluding hydrogens is 244 g/mol. The fourth-order valence-electron chi connectivity index (χ4n) is 1.96. The van der Waals surface area contributed by atoms with E-state index < -0.39 is 17.8 Å². The van der Waals surface area contributed by atoms with Gasteiger partial charge in [0.1, 0.15) is 5.78 Å². The van der Waals surface area contributed by atoms with E-state index in [1.807, 2.05) is 0 Å². The largest absolute Gasteiger partial charge is 0.466 e. The topological polar surface area (TPSA) is 60.4 Å². The van der Waals surface area contributed by atoms with Gasteiger partial charge in [-0.3, -0.25) is 14.4 Å². The van der Waals surface area contributed by atoms with Crippen molar-refractivity contribution in [3.8, 4) is 0 Å². The summed E-state index contributed by atoms with van der Waals surface area (Å²) in [5.74, 6) is -2.94. The standard InChI is InChI=1S/C15H18O4/c1-4-19-15(18)10(2)13(11(3)16)14(17)12-8-6-5-7-9-12/h5-10,13H,4H2,1-3H3/t10-,13-/m1/s1. The lowest BCUT2D eigenvalue weighted by Crippen LogP contribution is -2.34. The van der Waals surface area contributed by atoms with Crippen molar-refractivity contribution < 1.29 is 19.1 Å². The first-order valence-electron chi connectivity index (χ1n) is 6.25. The monoisotopic (exact) mass is 262 g/mol. The van der Waals surface area contributed by atoms with Crippen molar-refractivity contribution in [2.75, 3.05) is 6.61 Å². The SMILES string of the molecule is CCOC(=O)[C@H](C)[C@H](C(C)=O)C(=O)c1ccccc1. The number of carbonyl (C=O) groups is 3. The Balaban J connectivity index is 2.98. The molecule has 0 aliphatic heterocycles. The van der Waals surface area contributed by atoms with Crippen LogP contribution < -0.4 is 0 Å². The van der Waals surface area contributed by atoms with Gasteiger partial charge in [-0.15, -0.1) is 0 Å². The minimum absolute atomic E-state index is 0.229. The Labute approximate surface area is 112 Å². The predicted octanol–water partition coefficient (Wildman–Crippen LogP) is 2.27. The Hall–Kier alpha value is -1.97. The van der Waals surface area contributed by atoms with E-state index in [0.29, 0.717) is 5.56 Å². The van der Waals surface area contributed by atoms with Crippen molar-refractivity contribution in [2.45, 2.75) is 20.8 Å². The van der Waals surface area contributed by atoms with Gasteiger partial charge in [0.2, 0.25) is 0 Å². The molecule has 0 saturated carbocycles. The molecule has 2 atom stereocenters. The fourth-order valence-corrected chi connectivity index (χ4v) is 1.96. The lowest BCUT2D eigenvalue weighted by atomic mass is 9.84. The molecule has 0 spiro atoms. The molecule has 0 aliphatic carbocycles. The van der Waals surface area contributed by atoms with Crippen LogP contribution in [0.5, 0.6) is 0 Å². The Morgan fingerprint density at radius 2 is 1.74 bits per heavy atom. The van der Waals surface area contributed by atoms with Crippen LogP contribution in [0.15, 0.2) is 30.3 Å². The molecule has 1 aromatic rings. The molecule has 0 heterocycles. The molecule has 4 heteroatoms. The Morgan fingerprint density at radius 3 is 2.21 bits per heavy atom. The Morgan fingerprint density at radius 1 is 1.16 bits per heavy atom. The first kappa shape index (κ1) is 15.1. The smallest absolute Gasteiger partial charge is 0.309 e. The summed E-state index contributed by atoms with van der Waals surface area (Å²) in [4.78, 5) is 35.7. The number of esters is 1. The summed E-state index contributed by atoms with van der Waals surface area (Å²) in [5, 5.41) is 0. The molecule has 4 nitrogen and oxygen atoms in total. The lowest BCUT2D eigenvalue weighted by Gasteiger charge is -2.19. The number of hydrogen-bond acceptors (Lipinski definition) is 4. The molecule has 0 unspecified atom stereocenters. The van der Waals surface area contributed by atoms with Crippen LogP contribution in [0.3, 0.4) is 0 Å². The molecule has 0 bridgehead atoms. The molecule has 0 saturated heterocycles. The highest BCUT2D eigenvalue weighted by Crippen LogP contribution is 2.20. The lowest BCUT2D eigenvalue weighted by molar-refractivity contribution is -0.150. The number of benzene rings is 1. The third-order valence-corrected chi connectivity index (χ3v) is 2.94. The molecule has 0 N–H and O–H groups in total. The summed E-state index contributed by atoms with van der Waals surface area (Å²) < 4.78 is 4.88. The van der Waals surface area contributed by atoms with E-state index in [0.717, 1.165) is 0 Å². The highest BCUT2D eigenvalue weighted by Gasteiger charge is 2.35. The molecule has 19 heavy (non-hydrogen) atoms. The van der Waals surface area contributed by atoms with Crippen LogP contribution in [0.25, 0.3) is 0 Å². The van der Waals surface area contributed by atoms with Crippen LogP contribution in [0, 0.1) is 11.8 Å². The van der Waals surface area contributed by atoms with E-state index >= 15 is 0 Å². The van der Waals surface area contributed by atoms with Crippen molar-refractivity contribution in [2.24, 2.45) is 11.8 Å². The van der Waals surface area contributed by atoms with Crippen LogP contribution in [0.2, 0.25) is 0 Å². The van der Waals surface area contributed by atoms with Gasteiger partial charge in [0.15, 0.2) is 5.78 Å². The Kier molecular flexibility index (Phi) is 5.42. The van der Waals surface area contributed by atoms with Crippen LogP contribution in [0.1, 0.15) is 31.1 Å². The van der Waals surface area contributed by atoms with Crippen molar-refractivity contribution >= 4 is 17.5 Å². The molecule has 0 radical (unpaired) electrons. The van der Waals surface area contributed by atoms with Crippen molar-refractivity contribution in [1.29, 1.82) is 0 Å². The summed E-state index contributed by atoms with van der Waals surface area (Å²) in [7, 11) is 0. The van der Waals surface area contributed by atoms with Gasteiger partial charge in [-0.2, -0.15) is 0 Å². The maximum atomic E-state index is 12.3. The second-order valence-corrected chi connectivity index (χ2v) is 4.36. The molecule has 1 aromatic carbocycles. The van der Waals surface area contributed by atoms with Gasteiger partial charge in [0.25, 0.3) is 0 Å². The van der Waals surface area contributed by atoms with E-state index in [1.165, 1.54) is 6.92 Å². The molecule has 0 fully saturated rings. The number of ether oxygens (including phenoxy) is 1. The zero-order valence-electron chi connectivity index (χ0n) is 11.4. The van der Waals surface area contributed by atoms with E-state index in [9.17, 15) is 14.4 Å². The van der Waals surface area contributed by atoms with Crippen molar-refractivity contribution in [1.82, 2.24) is 0 Å². The third kappa shape index (κ3) is 3.74. The number of carbonyl (C=O) groups excluding carboxylic acids is 3. The van der Waals surface area contributed by atoms with Crippen LogP contribution >= 0.6 is 0 Å². The molecule has 0 aromatic heterocycles. The third-order valence-electron chi connectivity index (χ3n) is 2.94. The van der Waals surface area contributed by atoms with Crippen LogP contribution in [-0.2, 0) is 14.3 Å². The van der Waals surface area contributed by atoms with Crippen molar-refractivity contribution in [3.05, 3.63) is 35.9 Å². The van der Waals surface area contributed by atoms with E-state index in [1.54, 1.807) is 44.2 Å². The summed E-state index contributed by atoms with van der Waals surface area (Å²) in [6.07, 6.45) is 0. The van der Waals surface area contributed by atoms with Crippen LogP contribution in [0.4, 0.5) is 0 Å². The number of rotatable bonds is 6. The molecule has 0 aliphatic rings. The Bertz CT molecular complexity index is 464. The fraction of sp³-hybridized carbons (Fsp3) is 0.400. The summed E-state index contributed by atoms with van der Waals surface area (Å²) in [5.41, 5.74) is 0.429. The average Bonchev–Trinajstić information content (AvgIpc) is 2.39. The highest BCUT2D eigenvalue weighted by molar-refractivity contribution is 6.12. The number of ketones is 2. The molecule has 0 amide bonds. The zero-order chi connectivity index (χ0) is 14.4. The van der Waals surface area contributed by atoms with E-state index in [-0.39, 0.29) is 18.2 Å².